The van der Waals surface area contributed by atoms with E-state index in [1.54, 1.807) is 13.8 Å². The Bertz CT molecular complexity index is 2500. The topological polar surface area (TPSA) is 139 Å². The third-order valence-electron chi connectivity index (χ3n) is 11.4. The van der Waals surface area contributed by atoms with E-state index >= 15 is 0 Å². The molecule has 6 aromatic rings. The number of azo groups is 2. The molecule has 12 heteroatoms. The molecule has 0 spiro atoms. The number of esters is 2. The van der Waals surface area contributed by atoms with Crippen LogP contribution in [0.2, 0.25) is 0 Å². The molecule has 7 rings (SSSR count). The van der Waals surface area contributed by atoms with Crippen LogP contribution in [0, 0.1) is 0 Å². The van der Waals surface area contributed by atoms with Crippen molar-refractivity contribution in [1.82, 2.24) is 0 Å². The first-order valence-electron chi connectivity index (χ1n) is 24.7. The molecule has 0 aliphatic heterocycles. The van der Waals surface area contributed by atoms with Crippen molar-refractivity contribution in [1.29, 1.82) is 0 Å². The average molecular weight is 945 g/mol. The van der Waals surface area contributed by atoms with Gasteiger partial charge >= 0.3 is 11.9 Å². The lowest BCUT2D eigenvalue weighted by atomic mass is 9.89. The highest BCUT2D eigenvalue weighted by atomic mass is 16.5. The fourth-order valence-corrected chi connectivity index (χ4v) is 8.41. The molecular formula is C58H64N4O8. The molecular weight excluding hydrogens is 881 g/mol. The summed E-state index contributed by atoms with van der Waals surface area (Å²) in [6.45, 7) is 14.0. The van der Waals surface area contributed by atoms with Crippen LogP contribution in [0.15, 0.2) is 130 Å². The third-order valence-corrected chi connectivity index (χ3v) is 11.4. The number of rotatable bonds is 20. The van der Waals surface area contributed by atoms with E-state index < -0.39 is 11.9 Å². The van der Waals surface area contributed by atoms with Crippen molar-refractivity contribution in [3.8, 4) is 23.0 Å². The van der Waals surface area contributed by atoms with E-state index in [2.05, 4.69) is 37.9 Å². The lowest BCUT2D eigenvalue weighted by Gasteiger charge is -2.24. The first-order chi connectivity index (χ1) is 34.2. The van der Waals surface area contributed by atoms with Gasteiger partial charge in [-0.1, -0.05) is 64.1 Å². The molecule has 0 saturated carbocycles. The van der Waals surface area contributed by atoms with E-state index in [1.165, 1.54) is 0 Å². The van der Waals surface area contributed by atoms with Gasteiger partial charge in [0.2, 0.25) is 0 Å². The van der Waals surface area contributed by atoms with Gasteiger partial charge in [-0.2, -0.15) is 20.5 Å². The van der Waals surface area contributed by atoms with Crippen molar-refractivity contribution in [2.75, 3.05) is 39.6 Å². The first-order valence-corrected chi connectivity index (χ1v) is 24.7. The number of benzene rings is 6. The molecule has 0 radical (unpaired) electrons. The van der Waals surface area contributed by atoms with E-state index in [9.17, 15) is 9.59 Å². The normalized spacial score (nSPS) is 12.2. The van der Waals surface area contributed by atoms with Gasteiger partial charge in [0.1, 0.15) is 23.0 Å². The Kier molecular flexibility index (Phi) is 18.3. The fourth-order valence-electron chi connectivity index (χ4n) is 8.41. The van der Waals surface area contributed by atoms with E-state index in [0.29, 0.717) is 109 Å². The van der Waals surface area contributed by atoms with E-state index in [4.69, 9.17) is 38.6 Å². The van der Waals surface area contributed by atoms with Crippen LogP contribution in [0.4, 0.5) is 22.7 Å². The van der Waals surface area contributed by atoms with Crippen LogP contribution in [-0.2, 0) is 35.2 Å². The number of hydrogen-bond donors (Lipinski definition) is 0. The zero-order chi connectivity index (χ0) is 49.2. The average Bonchev–Trinajstić information content (AvgIpc) is 3.36. The predicted octanol–water partition coefficient (Wildman–Crippen LogP) is 14.7. The van der Waals surface area contributed by atoms with Crippen molar-refractivity contribution in [3.05, 3.63) is 165 Å². The number of ether oxygens (including phenoxy) is 6. The predicted molar refractivity (Wildman–Crippen MR) is 273 cm³/mol. The quantitative estimate of drug-likeness (QED) is 0.0544. The molecule has 0 saturated heterocycles. The molecule has 12 nitrogen and oxygen atoms in total. The van der Waals surface area contributed by atoms with Crippen LogP contribution in [0.1, 0.15) is 132 Å². The molecule has 6 aromatic carbocycles. The van der Waals surface area contributed by atoms with Crippen molar-refractivity contribution in [3.63, 3.8) is 0 Å². The molecule has 364 valence electrons. The third kappa shape index (κ3) is 13.0. The highest BCUT2D eigenvalue weighted by molar-refractivity contribution is 5.91. The van der Waals surface area contributed by atoms with Crippen molar-refractivity contribution in [2.24, 2.45) is 20.5 Å². The highest BCUT2D eigenvalue weighted by Crippen LogP contribution is 2.43. The second-order valence-corrected chi connectivity index (χ2v) is 17.0. The van der Waals surface area contributed by atoms with Crippen LogP contribution in [-0.4, -0.2) is 51.6 Å². The lowest BCUT2D eigenvalue weighted by Crippen LogP contribution is -2.13. The van der Waals surface area contributed by atoms with E-state index in [0.717, 1.165) is 70.2 Å². The SMILES string of the molecule is CCCOc1c2cc(N=Nc3ccccc3)cc1Cc1cc(C(=O)OCC)cc(c1OCCC)Cc1cc(N=Nc3ccccc3)cc(c1OCCC)Cc1cc(C(=O)OCC)cc(c1OCCC)C2. The molecule has 8 bridgehead atoms. The summed E-state index contributed by atoms with van der Waals surface area (Å²) in [5.74, 6) is 1.74. The van der Waals surface area contributed by atoms with Crippen LogP contribution < -0.4 is 18.9 Å². The van der Waals surface area contributed by atoms with Crippen LogP contribution in [0.3, 0.4) is 0 Å². The molecule has 0 fully saturated rings. The van der Waals surface area contributed by atoms with Gasteiger partial charge in [0.15, 0.2) is 0 Å². The first kappa shape index (κ1) is 50.5. The second kappa shape index (κ2) is 25.3. The Balaban J connectivity index is 1.59. The van der Waals surface area contributed by atoms with Crippen LogP contribution >= 0.6 is 0 Å². The lowest BCUT2D eigenvalue weighted by molar-refractivity contribution is 0.0516. The van der Waals surface area contributed by atoms with Crippen LogP contribution in [0.25, 0.3) is 0 Å². The molecule has 0 amide bonds. The summed E-state index contributed by atoms with van der Waals surface area (Å²) in [5, 5.41) is 18.9. The second-order valence-electron chi connectivity index (χ2n) is 17.0. The van der Waals surface area contributed by atoms with Crippen molar-refractivity contribution < 1.29 is 38.0 Å². The molecule has 1 aliphatic carbocycles. The summed E-state index contributed by atoms with van der Waals surface area (Å²) in [5.41, 5.74) is 9.67. The molecule has 1 aliphatic rings. The monoisotopic (exact) mass is 944 g/mol. The number of fused-ring (bicyclic) bond motifs is 8. The molecule has 0 heterocycles. The van der Waals surface area contributed by atoms with Crippen molar-refractivity contribution in [2.45, 2.75) is 92.9 Å². The molecule has 70 heavy (non-hydrogen) atoms. The maximum Gasteiger partial charge on any atom is 0.338 e. The number of hydrogen-bond acceptors (Lipinski definition) is 12. The highest BCUT2D eigenvalue weighted by Gasteiger charge is 2.26. The van der Waals surface area contributed by atoms with Gasteiger partial charge in [0.05, 0.1) is 73.5 Å². The van der Waals surface area contributed by atoms with Gasteiger partial charge in [-0.15, -0.1) is 0 Å². The molecule has 0 N–H and O–H groups in total. The molecule has 0 aromatic heterocycles. The van der Waals surface area contributed by atoms with Gasteiger partial charge in [-0.05, 0) is 135 Å². The minimum atomic E-state index is -0.445. The Labute approximate surface area is 412 Å². The molecule has 0 unspecified atom stereocenters. The van der Waals surface area contributed by atoms with Gasteiger partial charge in [0.25, 0.3) is 0 Å². The van der Waals surface area contributed by atoms with Crippen molar-refractivity contribution >= 4 is 34.7 Å². The molecule has 0 atom stereocenters. The van der Waals surface area contributed by atoms with Gasteiger partial charge in [0, 0.05) is 47.9 Å². The standard InChI is InChI=1S/C58H64N4O8/c1-7-23-67-53-39-27-43-35-51(61-59-49-19-15-13-16-20-49)37-45(55(43)69-25-9-3)29-41-33-48(58(64)66-12-6)34-42(54(41)68-24-8-2)30-46-38-52(62-60-50-21-17-14-18-22-50)36-44(56(46)70-26-10-4)28-40(53)32-47(31-39)57(63)65-11-5/h13-22,31-38H,7-12,23-30H2,1-6H3. The minimum Gasteiger partial charge on any atom is -0.493 e. The fraction of sp³-hybridized carbons (Fsp3) is 0.345. The van der Waals surface area contributed by atoms with Gasteiger partial charge < -0.3 is 28.4 Å². The summed E-state index contributed by atoms with van der Waals surface area (Å²) >= 11 is 0. The minimum absolute atomic E-state index is 0.208. The largest absolute Gasteiger partial charge is 0.493 e. The summed E-state index contributed by atoms with van der Waals surface area (Å²) < 4.78 is 38.5. The summed E-state index contributed by atoms with van der Waals surface area (Å²) in [4.78, 5) is 27.8. The van der Waals surface area contributed by atoms with Crippen LogP contribution in [0.5, 0.6) is 23.0 Å². The Morgan fingerprint density at radius 3 is 0.886 bits per heavy atom. The number of carbonyl (C=O) groups excluding carboxylic acids is 2. The maximum atomic E-state index is 13.9. The van der Waals surface area contributed by atoms with Gasteiger partial charge in [-0.25, -0.2) is 9.59 Å². The number of nitrogens with zero attached hydrogens (tertiary/aromatic N) is 4. The smallest absolute Gasteiger partial charge is 0.338 e. The van der Waals surface area contributed by atoms with E-state index in [-0.39, 0.29) is 13.2 Å². The summed E-state index contributed by atoms with van der Waals surface area (Å²) in [6.07, 6.45) is 4.19. The summed E-state index contributed by atoms with van der Waals surface area (Å²) in [6, 6.07) is 34.6. The number of carbonyl (C=O) groups is 2. The Hall–Kier alpha value is -7.34. The zero-order valence-corrected chi connectivity index (χ0v) is 41.3. The van der Waals surface area contributed by atoms with E-state index in [1.807, 2.05) is 109 Å². The Morgan fingerprint density at radius 1 is 0.371 bits per heavy atom. The Morgan fingerprint density at radius 2 is 0.629 bits per heavy atom. The maximum absolute atomic E-state index is 13.9. The zero-order valence-electron chi connectivity index (χ0n) is 41.3. The summed E-state index contributed by atoms with van der Waals surface area (Å²) in [7, 11) is 0. The van der Waals surface area contributed by atoms with Gasteiger partial charge in [-0.3, -0.25) is 0 Å².